The summed E-state index contributed by atoms with van der Waals surface area (Å²) in [4.78, 5) is 15.8. The molecule has 7 heteroatoms. The summed E-state index contributed by atoms with van der Waals surface area (Å²) in [6.07, 6.45) is 1.44. The Morgan fingerprint density at radius 2 is 2.25 bits per heavy atom. The highest BCUT2D eigenvalue weighted by Crippen LogP contribution is 2.36. The second kappa shape index (κ2) is 3.60. The van der Waals surface area contributed by atoms with E-state index >= 15 is 0 Å². The van der Waals surface area contributed by atoms with E-state index in [0.29, 0.717) is 15.7 Å². The zero-order chi connectivity index (χ0) is 11.9. The number of aryl methyl sites for hydroxylation is 1. The molecular formula is C9H11N5OS. The number of nitrogens with two attached hydrogens (primary N) is 2. The summed E-state index contributed by atoms with van der Waals surface area (Å²) < 4.78 is 1.61. The Hall–Kier alpha value is -1.89. The minimum Gasteiger partial charge on any atom is -0.390 e. The number of anilines is 1. The van der Waals surface area contributed by atoms with E-state index in [1.165, 1.54) is 17.7 Å². The van der Waals surface area contributed by atoms with E-state index < -0.39 is 5.91 Å². The SMILES string of the molecule is Cc1c(C(N)=O)sc(N)c1-c1ncnn1C. The Morgan fingerprint density at radius 3 is 2.69 bits per heavy atom. The summed E-state index contributed by atoms with van der Waals surface area (Å²) >= 11 is 1.18. The molecule has 0 aliphatic heterocycles. The monoisotopic (exact) mass is 237 g/mol. The zero-order valence-corrected chi connectivity index (χ0v) is 9.71. The first-order valence-corrected chi connectivity index (χ1v) is 5.37. The van der Waals surface area contributed by atoms with Gasteiger partial charge in [0, 0.05) is 7.05 Å². The van der Waals surface area contributed by atoms with E-state index in [1.807, 2.05) is 0 Å². The number of hydrogen-bond donors (Lipinski definition) is 2. The standard InChI is InChI=1S/C9H11N5OS/c1-4-5(9-12-3-13-14(9)2)8(11)16-6(4)7(10)15/h3H,11H2,1-2H3,(H2,10,15). The molecule has 0 spiro atoms. The fourth-order valence-electron chi connectivity index (χ4n) is 1.57. The lowest BCUT2D eigenvalue weighted by Crippen LogP contribution is -2.10. The third-order valence-electron chi connectivity index (χ3n) is 2.33. The lowest BCUT2D eigenvalue weighted by Gasteiger charge is -2.01. The Balaban J connectivity index is 2.67. The predicted octanol–water partition coefficient (Wildman–Crippen LogP) is 0.533. The van der Waals surface area contributed by atoms with E-state index in [-0.39, 0.29) is 0 Å². The van der Waals surface area contributed by atoms with E-state index in [9.17, 15) is 4.79 Å². The van der Waals surface area contributed by atoms with E-state index in [0.717, 1.165) is 11.1 Å². The average molecular weight is 237 g/mol. The van der Waals surface area contributed by atoms with Crippen molar-refractivity contribution in [2.75, 3.05) is 5.73 Å². The summed E-state index contributed by atoms with van der Waals surface area (Å²) in [5, 5.41) is 4.50. The van der Waals surface area contributed by atoms with Gasteiger partial charge in [-0.3, -0.25) is 4.79 Å². The normalized spacial score (nSPS) is 10.6. The maximum atomic E-state index is 11.2. The van der Waals surface area contributed by atoms with Crippen LogP contribution in [-0.4, -0.2) is 20.7 Å². The minimum atomic E-state index is -0.470. The van der Waals surface area contributed by atoms with Crippen molar-refractivity contribution in [2.24, 2.45) is 12.8 Å². The fraction of sp³-hybridized carbons (Fsp3) is 0.222. The summed E-state index contributed by atoms with van der Waals surface area (Å²) in [5.74, 6) is 0.168. The number of thiophene rings is 1. The van der Waals surface area contributed by atoms with Crippen molar-refractivity contribution in [3.8, 4) is 11.4 Å². The molecule has 0 unspecified atom stereocenters. The van der Waals surface area contributed by atoms with Gasteiger partial charge in [-0.15, -0.1) is 11.3 Å². The number of carbonyl (C=O) groups is 1. The van der Waals surface area contributed by atoms with Crippen LogP contribution in [0.4, 0.5) is 5.00 Å². The first-order chi connectivity index (χ1) is 7.52. The highest BCUT2D eigenvalue weighted by atomic mass is 32.1. The van der Waals surface area contributed by atoms with Gasteiger partial charge in [0.1, 0.15) is 6.33 Å². The molecule has 6 nitrogen and oxygen atoms in total. The molecule has 2 heterocycles. The molecule has 0 fully saturated rings. The van der Waals surface area contributed by atoms with Crippen LogP contribution in [0, 0.1) is 6.92 Å². The van der Waals surface area contributed by atoms with Crippen LogP contribution in [0.5, 0.6) is 0 Å². The highest BCUT2D eigenvalue weighted by molar-refractivity contribution is 7.18. The molecule has 4 N–H and O–H groups in total. The molecule has 2 aromatic rings. The Labute approximate surface area is 95.9 Å². The van der Waals surface area contributed by atoms with Crippen molar-refractivity contribution in [1.29, 1.82) is 0 Å². The number of aromatic nitrogens is 3. The molecule has 0 aliphatic rings. The molecule has 0 aliphatic carbocycles. The van der Waals surface area contributed by atoms with Crippen LogP contribution in [0.3, 0.4) is 0 Å². The van der Waals surface area contributed by atoms with Gasteiger partial charge in [-0.05, 0) is 12.5 Å². The van der Waals surface area contributed by atoms with Crippen molar-refractivity contribution in [3.63, 3.8) is 0 Å². The third kappa shape index (κ3) is 1.45. The topological polar surface area (TPSA) is 99.8 Å². The van der Waals surface area contributed by atoms with Gasteiger partial charge in [0.25, 0.3) is 5.91 Å². The lowest BCUT2D eigenvalue weighted by atomic mass is 10.1. The minimum absolute atomic E-state index is 0.468. The highest BCUT2D eigenvalue weighted by Gasteiger charge is 2.20. The van der Waals surface area contributed by atoms with Gasteiger partial charge in [0.15, 0.2) is 5.82 Å². The fourth-order valence-corrected chi connectivity index (χ4v) is 2.49. The van der Waals surface area contributed by atoms with Gasteiger partial charge in [-0.2, -0.15) is 5.10 Å². The number of primary amides is 1. The Kier molecular flexibility index (Phi) is 2.39. The van der Waals surface area contributed by atoms with E-state index in [4.69, 9.17) is 11.5 Å². The van der Waals surface area contributed by atoms with Crippen LogP contribution in [0.15, 0.2) is 6.33 Å². The van der Waals surface area contributed by atoms with Gasteiger partial charge >= 0.3 is 0 Å². The van der Waals surface area contributed by atoms with Crippen LogP contribution in [0.25, 0.3) is 11.4 Å². The molecule has 0 aromatic carbocycles. The third-order valence-corrected chi connectivity index (χ3v) is 3.47. The summed E-state index contributed by atoms with van der Waals surface area (Å²) in [6.45, 7) is 1.80. The van der Waals surface area contributed by atoms with Crippen molar-refractivity contribution in [2.45, 2.75) is 6.92 Å². The first-order valence-electron chi connectivity index (χ1n) is 4.55. The molecule has 2 rings (SSSR count). The van der Waals surface area contributed by atoms with E-state index in [2.05, 4.69) is 10.1 Å². The number of nitrogens with zero attached hydrogens (tertiary/aromatic N) is 3. The smallest absolute Gasteiger partial charge is 0.259 e. The summed E-state index contributed by atoms with van der Waals surface area (Å²) in [6, 6.07) is 0. The molecule has 0 bridgehead atoms. The number of nitrogen functional groups attached to an aromatic ring is 1. The number of amides is 1. The molecule has 0 saturated carbocycles. The van der Waals surface area contributed by atoms with Crippen LogP contribution < -0.4 is 11.5 Å². The second-order valence-electron chi connectivity index (χ2n) is 3.37. The quantitative estimate of drug-likeness (QED) is 0.795. The van der Waals surface area contributed by atoms with Gasteiger partial charge in [0.05, 0.1) is 15.4 Å². The van der Waals surface area contributed by atoms with E-state index in [1.54, 1.807) is 18.7 Å². The van der Waals surface area contributed by atoms with Gasteiger partial charge in [0.2, 0.25) is 0 Å². The van der Waals surface area contributed by atoms with Gasteiger partial charge in [-0.1, -0.05) is 0 Å². The molecule has 1 amide bonds. The largest absolute Gasteiger partial charge is 0.390 e. The molecular weight excluding hydrogens is 226 g/mol. The molecule has 16 heavy (non-hydrogen) atoms. The van der Waals surface area contributed by atoms with Gasteiger partial charge < -0.3 is 11.5 Å². The maximum absolute atomic E-state index is 11.2. The number of rotatable bonds is 2. The van der Waals surface area contributed by atoms with Gasteiger partial charge in [-0.25, -0.2) is 9.67 Å². The average Bonchev–Trinajstić information content (AvgIpc) is 2.71. The predicted molar refractivity (Wildman–Crippen MR) is 62.0 cm³/mol. The van der Waals surface area contributed by atoms with Crippen molar-refractivity contribution in [1.82, 2.24) is 14.8 Å². The second-order valence-corrected chi connectivity index (χ2v) is 4.42. The molecule has 84 valence electrons. The summed E-state index contributed by atoms with van der Waals surface area (Å²) in [7, 11) is 1.77. The number of carbonyl (C=O) groups excluding carboxylic acids is 1. The first kappa shape index (κ1) is 10.6. The van der Waals surface area contributed by atoms with Crippen LogP contribution >= 0.6 is 11.3 Å². The van der Waals surface area contributed by atoms with Crippen LogP contribution in [0.1, 0.15) is 15.2 Å². The van der Waals surface area contributed by atoms with Crippen molar-refractivity contribution in [3.05, 3.63) is 16.8 Å². The Bertz CT molecular complexity index is 556. The lowest BCUT2D eigenvalue weighted by molar-refractivity contribution is 0.100. The summed E-state index contributed by atoms with van der Waals surface area (Å²) in [5.41, 5.74) is 12.6. The molecule has 0 radical (unpaired) electrons. The molecule has 0 saturated heterocycles. The van der Waals surface area contributed by atoms with Crippen LogP contribution in [0.2, 0.25) is 0 Å². The molecule has 2 aromatic heterocycles. The zero-order valence-electron chi connectivity index (χ0n) is 8.89. The van der Waals surface area contributed by atoms with Crippen molar-refractivity contribution >= 4 is 22.2 Å². The maximum Gasteiger partial charge on any atom is 0.259 e. The van der Waals surface area contributed by atoms with Crippen molar-refractivity contribution < 1.29 is 4.79 Å². The Morgan fingerprint density at radius 1 is 1.56 bits per heavy atom. The number of hydrogen-bond acceptors (Lipinski definition) is 5. The van der Waals surface area contributed by atoms with Crippen LogP contribution in [-0.2, 0) is 7.05 Å². The molecule has 0 atom stereocenters.